The first-order valence-electron chi connectivity index (χ1n) is 10.2. The third-order valence-corrected chi connectivity index (χ3v) is 6.49. The molecule has 2 aromatic heterocycles. The van der Waals surface area contributed by atoms with Gasteiger partial charge in [0.15, 0.2) is 0 Å². The molecule has 7 heteroatoms. The van der Waals surface area contributed by atoms with Crippen molar-refractivity contribution in [1.29, 1.82) is 0 Å². The summed E-state index contributed by atoms with van der Waals surface area (Å²) in [6, 6.07) is 6.39. The summed E-state index contributed by atoms with van der Waals surface area (Å²) in [4.78, 5) is 11.0. The number of anilines is 2. The summed E-state index contributed by atoms with van der Waals surface area (Å²) < 4.78 is 0. The zero-order valence-electron chi connectivity index (χ0n) is 15.8. The van der Waals surface area contributed by atoms with E-state index in [0.29, 0.717) is 5.02 Å². The lowest BCUT2D eigenvalue weighted by molar-refractivity contribution is 0.343. The van der Waals surface area contributed by atoms with Crippen molar-refractivity contribution < 1.29 is 0 Å². The average Bonchev–Trinajstić information content (AvgIpc) is 3.34. The van der Waals surface area contributed by atoms with Crippen molar-refractivity contribution in [2.24, 2.45) is 17.8 Å². The van der Waals surface area contributed by atoms with Crippen LogP contribution in [0.2, 0.25) is 5.02 Å². The van der Waals surface area contributed by atoms with Crippen molar-refractivity contribution in [2.45, 2.75) is 25.7 Å². The molecule has 1 aliphatic heterocycles. The Kier molecular flexibility index (Phi) is 4.81. The van der Waals surface area contributed by atoms with Crippen molar-refractivity contribution >= 4 is 34.1 Å². The maximum atomic E-state index is 5.89. The topological polar surface area (TPSA) is 69.7 Å². The van der Waals surface area contributed by atoms with Crippen LogP contribution in [0.3, 0.4) is 0 Å². The highest BCUT2D eigenvalue weighted by molar-refractivity contribution is 6.30. The molecule has 2 atom stereocenters. The van der Waals surface area contributed by atoms with E-state index in [2.05, 4.69) is 48.6 Å². The van der Waals surface area contributed by atoms with Crippen molar-refractivity contribution in [3.8, 4) is 0 Å². The number of nitrogens with zero attached hydrogens (tertiary/aromatic N) is 4. The molecule has 6 nitrogen and oxygen atoms in total. The van der Waals surface area contributed by atoms with Gasteiger partial charge in [0.25, 0.3) is 0 Å². The van der Waals surface area contributed by atoms with Crippen LogP contribution < -0.4 is 10.2 Å². The zero-order chi connectivity index (χ0) is 18.9. The first-order chi connectivity index (χ1) is 13.8. The fourth-order valence-corrected chi connectivity index (χ4v) is 4.72. The summed E-state index contributed by atoms with van der Waals surface area (Å²) in [7, 11) is 0. The average molecular weight is 397 g/mol. The lowest BCUT2D eigenvalue weighted by Gasteiger charge is -2.32. The predicted molar refractivity (Wildman–Crippen MR) is 113 cm³/mol. The van der Waals surface area contributed by atoms with E-state index in [-0.39, 0.29) is 0 Å². The fraction of sp³-hybridized carbons (Fsp3) is 0.476. The van der Waals surface area contributed by atoms with Crippen LogP contribution in [-0.2, 0) is 0 Å². The second-order valence-corrected chi connectivity index (χ2v) is 8.51. The van der Waals surface area contributed by atoms with Crippen molar-refractivity contribution in [3.63, 3.8) is 0 Å². The number of fused-ring (bicyclic) bond motifs is 1. The Morgan fingerprint density at radius 2 is 1.96 bits per heavy atom. The summed E-state index contributed by atoms with van der Waals surface area (Å²) in [5, 5.41) is 12.4. The molecule has 0 amide bonds. The van der Waals surface area contributed by atoms with Gasteiger partial charge in [-0.15, -0.1) is 0 Å². The number of halogens is 1. The smallest absolute Gasteiger partial charge is 0.225 e. The van der Waals surface area contributed by atoms with Crippen molar-refractivity contribution in [1.82, 2.24) is 20.2 Å². The van der Waals surface area contributed by atoms with E-state index in [4.69, 9.17) is 11.6 Å². The first kappa shape index (κ1) is 17.7. The van der Waals surface area contributed by atoms with Crippen LogP contribution >= 0.6 is 11.6 Å². The largest absolute Gasteiger partial charge is 0.385 e. The fourth-order valence-electron chi connectivity index (χ4n) is 4.63. The predicted octanol–water partition coefficient (Wildman–Crippen LogP) is 4.36. The SMILES string of the molecule is Clc1cnc(N2CCC(C3C[C@H]3CCNc3ccc4cn[nH]c4c3)CC2)nc1. The van der Waals surface area contributed by atoms with Gasteiger partial charge in [0.1, 0.15) is 0 Å². The van der Waals surface area contributed by atoms with Crippen molar-refractivity contribution in [2.75, 3.05) is 29.9 Å². The molecule has 3 heterocycles. The Hall–Kier alpha value is -2.34. The molecule has 1 unspecified atom stereocenters. The Morgan fingerprint density at radius 3 is 2.79 bits per heavy atom. The van der Waals surface area contributed by atoms with Crippen LogP contribution in [0.25, 0.3) is 10.9 Å². The minimum absolute atomic E-state index is 0.595. The van der Waals surface area contributed by atoms with Crippen LogP contribution in [0, 0.1) is 17.8 Å². The monoisotopic (exact) mass is 396 g/mol. The molecule has 0 bridgehead atoms. The van der Waals surface area contributed by atoms with Crippen LogP contribution in [0.1, 0.15) is 25.7 Å². The number of nitrogens with one attached hydrogen (secondary N) is 2. The van der Waals surface area contributed by atoms with E-state index in [1.54, 1.807) is 12.4 Å². The van der Waals surface area contributed by atoms with Gasteiger partial charge in [0, 0.05) is 30.7 Å². The van der Waals surface area contributed by atoms with Gasteiger partial charge < -0.3 is 10.2 Å². The lowest BCUT2D eigenvalue weighted by Crippen LogP contribution is -2.35. The molecule has 2 fully saturated rings. The lowest BCUT2D eigenvalue weighted by atomic mass is 9.90. The number of aromatic nitrogens is 4. The van der Waals surface area contributed by atoms with Gasteiger partial charge in [-0.3, -0.25) is 5.10 Å². The van der Waals surface area contributed by atoms with E-state index >= 15 is 0 Å². The molecule has 146 valence electrons. The Labute approximate surface area is 169 Å². The maximum Gasteiger partial charge on any atom is 0.225 e. The summed E-state index contributed by atoms with van der Waals surface area (Å²) in [6.07, 6.45) is 10.4. The number of hydrogen-bond donors (Lipinski definition) is 2. The number of aromatic amines is 1. The van der Waals surface area contributed by atoms with Gasteiger partial charge in [0.05, 0.1) is 29.1 Å². The number of rotatable bonds is 6. The standard InChI is InChI=1S/C21H25ClN6/c22-17-12-24-21(25-13-17)28-7-4-14(5-8-28)19-9-15(19)3-6-23-18-2-1-16-11-26-27-20(16)10-18/h1-2,10-15,19,23H,3-9H2,(H,26,27)/t15-,19?/m1/s1. The van der Waals surface area contributed by atoms with Gasteiger partial charge in [-0.05, 0) is 61.6 Å². The molecule has 28 heavy (non-hydrogen) atoms. The van der Waals surface area contributed by atoms with Crippen LogP contribution in [0.4, 0.5) is 11.6 Å². The number of hydrogen-bond acceptors (Lipinski definition) is 5. The van der Waals surface area contributed by atoms with Gasteiger partial charge >= 0.3 is 0 Å². The summed E-state index contributed by atoms with van der Waals surface area (Å²) in [5.74, 6) is 3.46. The molecule has 0 radical (unpaired) electrons. The van der Waals surface area contributed by atoms with Crippen LogP contribution in [0.15, 0.2) is 36.8 Å². The van der Waals surface area contributed by atoms with Gasteiger partial charge in [-0.2, -0.15) is 5.10 Å². The third-order valence-electron chi connectivity index (χ3n) is 6.30. The summed E-state index contributed by atoms with van der Waals surface area (Å²) in [6.45, 7) is 3.15. The normalized spacial score (nSPS) is 22.5. The molecule has 1 saturated heterocycles. The van der Waals surface area contributed by atoms with Gasteiger partial charge in [-0.25, -0.2) is 9.97 Å². The number of H-pyrrole nitrogens is 1. The second-order valence-electron chi connectivity index (χ2n) is 8.07. The Morgan fingerprint density at radius 1 is 1.14 bits per heavy atom. The molecule has 2 aliphatic rings. The van der Waals surface area contributed by atoms with Gasteiger partial charge in [0.2, 0.25) is 5.95 Å². The molecule has 1 saturated carbocycles. The highest BCUT2D eigenvalue weighted by Crippen LogP contribution is 2.49. The summed E-state index contributed by atoms with van der Waals surface area (Å²) in [5.41, 5.74) is 2.26. The number of piperidine rings is 1. The van der Waals surface area contributed by atoms with E-state index in [0.717, 1.165) is 54.2 Å². The summed E-state index contributed by atoms with van der Waals surface area (Å²) >= 11 is 5.89. The minimum Gasteiger partial charge on any atom is -0.385 e. The van der Waals surface area contributed by atoms with E-state index in [1.165, 1.54) is 31.4 Å². The molecule has 2 N–H and O–H groups in total. The van der Waals surface area contributed by atoms with E-state index in [1.807, 2.05) is 6.20 Å². The molecular weight excluding hydrogens is 372 g/mol. The zero-order valence-corrected chi connectivity index (χ0v) is 16.6. The first-order valence-corrected chi connectivity index (χ1v) is 10.5. The van der Waals surface area contributed by atoms with Gasteiger partial charge in [-0.1, -0.05) is 11.6 Å². The highest BCUT2D eigenvalue weighted by Gasteiger charge is 2.43. The maximum absolute atomic E-state index is 5.89. The van der Waals surface area contributed by atoms with E-state index < -0.39 is 0 Å². The van der Waals surface area contributed by atoms with Crippen LogP contribution in [-0.4, -0.2) is 39.8 Å². The molecular formula is C21H25ClN6. The molecule has 1 aromatic carbocycles. The quantitative estimate of drug-likeness (QED) is 0.647. The Balaban J connectivity index is 1.06. The van der Waals surface area contributed by atoms with E-state index in [9.17, 15) is 0 Å². The Bertz CT molecular complexity index is 931. The second kappa shape index (κ2) is 7.59. The molecule has 3 aromatic rings. The molecule has 1 aliphatic carbocycles. The number of benzene rings is 1. The molecule has 5 rings (SSSR count). The van der Waals surface area contributed by atoms with Crippen molar-refractivity contribution in [3.05, 3.63) is 41.8 Å². The molecule has 0 spiro atoms. The highest BCUT2D eigenvalue weighted by atomic mass is 35.5. The minimum atomic E-state index is 0.595. The third kappa shape index (κ3) is 3.78. The van der Waals surface area contributed by atoms with Crippen LogP contribution in [0.5, 0.6) is 0 Å².